The fourth-order valence-electron chi connectivity index (χ4n) is 3.18. The molecule has 0 aromatic heterocycles. The minimum absolute atomic E-state index is 0.0812. The molecule has 2 heterocycles. The molecule has 2 aliphatic heterocycles. The summed E-state index contributed by atoms with van der Waals surface area (Å²) in [5, 5.41) is 2.78. The molecule has 1 aromatic carbocycles. The smallest absolute Gasteiger partial charge is 0.325 e. The number of nitrogens with zero attached hydrogens (tertiary/aromatic N) is 3. The zero-order valence-electron chi connectivity index (χ0n) is 13.6. The Bertz CT molecular complexity index is 555. The van der Waals surface area contributed by atoms with Gasteiger partial charge in [0.1, 0.15) is 6.04 Å². The molecule has 0 spiro atoms. The summed E-state index contributed by atoms with van der Waals surface area (Å²) >= 11 is 0. The number of piperazine rings is 1. The Morgan fingerprint density at radius 3 is 2.43 bits per heavy atom. The van der Waals surface area contributed by atoms with Crippen molar-refractivity contribution in [2.75, 3.05) is 37.7 Å². The number of carbonyl (C=O) groups is 2. The van der Waals surface area contributed by atoms with Crippen LogP contribution in [-0.2, 0) is 4.79 Å². The normalized spacial score (nSPS) is 22.6. The Labute approximate surface area is 137 Å². The van der Waals surface area contributed by atoms with Crippen LogP contribution in [0.15, 0.2) is 30.3 Å². The molecule has 6 heteroatoms. The van der Waals surface area contributed by atoms with Crippen molar-refractivity contribution in [2.45, 2.75) is 25.8 Å². The number of imide groups is 1. The number of hydrogen-bond donors (Lipinski definition) is 1. The molecule has 2 aliphatic rings. The molecule has 0 saturated carbocycles. The summed E-state index contributed by atoms with van der Waals surface area (Å²) in [7, 11) is 0. The number of benzene rings is 1. The van der Waals surface area contributed by atoms with Crippen LogP contribution in [0.5, 0.6) is 0 Å². The number of carbonyl (C=O) groups excluding carboxylic acids is 2. The fourth-order valence-corrected chi connectivity index (χ4v) is 3.18. The summed E-state index contributed by atoms with van der Waals surface area (Å²) in [5.74, 6) is -0.0812. The van der Waals surface area contributed by atoms with Crippen molar-refractivity contribution in [2.24, 2.45) is 0 Å². The lowest BCUT2D eigenvalue weighted by Crippen LogP contribution is -2.51. The molecule has 0 aliphatic carbocycles. The Morgan fingerprint density at radius 1 is 1.09 bits per heavy atom. The molecule has 2 saturated heterocycles. The van der Waals surface area contributed by atoms with Crippen LogP contribution in [0.2, 0.25) is 0 Å². The summed E-state index contributed by atoms with van der Waals surface area (Å²) < 4.78 is 0. The molecule has 1 N–H and O–H groups in total. The van der Waals surface area contributed by atoms with Gasteiger partial charge in [0.15, 0.2) is 0 Å². The van der Waals surface area contributed by atoms with Gasteiger partial charge >= 0.3 is 6.03 Å². The number of rotatable bonds is 5. The molecule has 0 radical (unpaired) electrons. The molecule has 2 fully saturated rings. The van der Waals surface area contributed by atoms with Crippen molar-refractivity contribution < 1.29 is 9.59 Å². The van der Waals surface area contributed by atoms with E-state index in [0.29, 0.717) is 13.1 Å². The summed E-state index contributed by atoms with van der Waals surface area (Å²) in [6.07, 6.45) is 1.60. The van der Waals surface area contributed by atoms with Crippen LogP contribution < -0.4 is 10.2 Å². The van der Waals surface area contributed by atoms with Crippen LogP contribution >= 0.6 is 0 Å². The summed E-state index contributed by atoms with van der Waals surface area (Å²) in [6.45, 7) is 5.94. The Hall–Kier alpha value is -2.08. The topological polar surface area (TPSA) is 55.9 Å². The fraction of sp³-hybridized carbons (Fsp3) is 0.529. The largest absolute Gasteiger partial charge is 0.369 e. The van der Waals surface area contributed by atoms with Gasteiger partial charge < -0.3 is 10.2 Å². The number of amides is 3. The van der Waals surface area contributed by atoms with E-state index in [0.717, 1.165) is 32.6 Å². The highest BCUT2D eigenvalue weighted by molar-refractivity contribution is 6.04. The molecule has 1 atom stereocenters. The second kappa shape index (κ2) is 7.00. The van der Waals surface area contributed by atoms with Gasteiger partial charge in [-0.1, -0.05) is 31.5 Å². The maximum atomic E-state index is 12.3. The Kier molecular flexibility index (Phi) is 4.81. The molecule has 1 aromatic rings. The zero-order chi connectivity index (χ0) is 16.2. The Morgan fingerprint density at radius 2 is 1.78 bits per heavy atom. The quantitative estimate of drug-likeness (QED) is 0.836. The Balaban J connectivity index is 1.53. The van der Waals surface area contributed by atoms with Gasteiger partial charge in [-0.15, -0.1) is 0 Å². The van der Waals surface area contributed by atoms with Crippen LogP contribution in [0, 0.1) is 0 Å². The van der Waals surface area contributed by atoms with Crippen molar-refractivity contribution in [1.29, 1.82) is 0 Å². The van der Waals surface area contributed by atoms with Gasteiger partial charge in [0.2, 0.25) is 0 Å². The van der Waals surface area contributed by atoms with E-state index in [1.165, 1.54) is 10.6 Å². The van der Waals surface area contributed by atoms with Crippen molar-refractivity contribution in [3.8, 4) is 0 Å². The summed E-state index contributed by atoms with van der Waals surface area (Å²) in [5.41, 5.74) is 1.23. The van der Waals surface area contributed by atoms with Gasteiger partial charge in [0.05, 0.1) is 6.67 Å². The molecule has 3 amide bonds. The van der Waals surface area contributed by atoms with Crippen LogP contribution in [0.1, 0.15) is 19.8 Å². The second-order valence-electron chi connectivity index (χ2n) is 6.14. The van der Waals surface area contributed by atoms with E-state index >= 15 is 0 Å². The summed E-state index contributed by atoms with van der Waals surface area (Å²) in [4.78, 5) is 30.1. The van der Waals surface area contributed by atoms with Crippen molar-refractivity contribution in [3.05, 3.63) is 30.3 Å². The average Bonchev–Trinajstić information content (AvgIpc) is 2.84. The molecular formula is C17H24N4O2. The second-order valence-corrected chi connectivity index (χ2v) is 6.14. The monoisotopic (exact) mass is 316 g/mol. The van der Waals surface area contributed by atoms with Crippen LogP contribution in [0.4, 0.5) is 10.5 Å². The standard InChI is InChI=1S/C17H24N4O2/c1-2-6-15-16(22)21(17(23)18-15)13-19-9-11-20(12-10-19)14-7-4-3-5-8-14/h3-5,7-8,15H,2,6,9-13H2,1H3,(H,18,23)/t15-/m1/s1. The third-order valence-corrected chi connectivity index (χ3v) is 4.52. The number of para-hydroxylation sites is 1. The van der Waals surface area contributed by atoms with Crippen LogP contribution in [0.3, 0.4) is 0 Å². The van der Waals surface area contributed by atoms with Crippen molar-refractivity contribution >= 4 is 17.6 Å². The number of hydrogen-bond acceptors (Lipinski definition) is 4. The minimum atomic E-state index is -0.335. The average molecular weight is 316 g/mol. The van der Waals surface area contributed by atoms with Crippen LogP contribution in [0.25, 0.3) is 0 Å². The zero-order valence-corrected chi connectivity index (χ0v) is 13.6. The maximum absolute atomic E-state index is 12.3. The predicted octanol–water partition coefficient (Wildman–Crippen LogP) is 1.49. The number of anilines is 1. The van der Waals surface area contributed by atoms with E-state index in [4.69, 9.17) is 0 Å². The maximum Gasteiger partial charge on any atom is 0.325 e. The van der Waals surface area contributed by atoms with Gasteiger partial charge in [-0.05, 0) is 18.6 Å². The van der Waals surface area contributed by atoms with E-state index in [-0.39, 0.29) is 18.0 Å². The van der Waals surface area contributed by atoms with Gasteiger partial charge in [-0.3, -0.25) is 9.69 Å². The number of urea groups is 1. The first kappa shape index (κ1) is 15.8. The lowest BCUT2D eigenvalue weighted by Gasteiger charge is -2.37. The third kappa shape index (κ3) is 3.47. The summed E-state index contributed by atoms with van der Waals surface area (Å²) in [6, 6.07) is 9.75. The highest BCUT2D eigenvalue weighted by atomic mass is 16.2. The van der Waals surface area contributed by atoms with E-state index in [1.54, 1.807) is 0 Å². The minimum Gasteiger partial charge on any atom is -0.369 e. The lowest BCUT2D eigenvalue weighted by molar-refractivity contribution is -0.129. The van der Waals surface area contributed by atoms with Gasteiger partial charge in [0, 0.05) is 31.9 Å². The van der Waals surface area contributed by atoms with Gasteiger partial charge in [-0.25, -0.2) is 9.69 Å². The molecule has 124 valence electrons. The van der Waals surface area contributed by atoms with E-state index in [2.05, 4.69) is 27.2 Å². The SMILES string of the molecule is CCC[C@H]1NC(=O)N(CN2CCN(c3ccccc3)CC2)C1=O. The number of nitrogens with one attached hydrogen (secondary N) is 1. The van der Waals surface area contributed by atoms with Crippen LogP contribution in [-0.4, -0.2) is 60.6 Å². The third-order valence-electron chi connectivity index (χ3n) is 4.52. The van der Waals surface area contributed by atoms with Gasteiger partial charge in [0.25, 0.3) is 5.91 Å². The van der Waals surface area contributed by atoms with Crippen molar-refractivity contribution in [1.82, 2.24) is 15.1 Å². The molecule has 0 bridgehead atoms. The molecule has 23 heavy (non-hydrogen) atoms. The predicted molar refractivity (Wildman–Crippen MR) is 89.2 cm³/mol. The van der Waals surface area contributed by atoms with E-state index < -0.39 is 0 Å². The molecular weight excluding hydrogens is 292 g/mol. The highest BCUT2D eigenvalue weighted by Gasteiger charge is 2.38. The first-order chi connectivity index (χ1) is 11.2. The van der Waals surface area contributed by atoms with Gasteiger partial charge in [-0.2, -0.15) is 0 Å². The highest BCUT2D eigenvalue weighted by Crippen LogP contribution is 2.17. The van der Waals surface area contributed by atoms with E-state index in [1.807, 2.05) is 25.1 Å². The van der Waals surface area contributed by atoms with E-state index in [9.17, 15) is 9.59 Å². The molecule has 3 rings (SSSR count). The molecule has 6 nitrogen and oxygen atoms in total. The first-order valence-corrected chi connectivity index (χ1v) is 8.33. The lowest BCUT2D eigenvalue weighted by atomic mass is 10.2. The first-order valence-electron chi connectivity index (χ1n) is 8.33. The molecule has 0 unspecified atom stereocenters. The van der Waals surface area contributed by atoms with Crippen molar-refractivity contribution in [3.63, 3.8) is 0 Å².